The highest BCUT2D eigenvalue weighted by molar-refractivity contribution is 6.38. The standard InChI is InChI=1S/C18H20ClN5O5/c1-2-23-7-8-24(17(28)16(23)27)18(29)22-13(10-3-5-11(19)6-4-10)15(26)21-12-9-20-14(12)25/h3-6,12-13H,2,7-9H2,1H3,(H,20,25)(H,21,26)(H,22,29). The summed E-state index contributed by atoms with van der Waals surface area (Å²) in [6.07, 6.45) is 0. The number of benzene rings is 1. The molecule has 0 radical (unpaired) electrons. The fourth-order valence-electron chi connectivity index (χ4n) is 2.99. The van der Waals surface area contributed by atoms with Crippen LogP contribution in [0.25, 0.3) is 0 Å². The van der Waals surface area contributed by atoms with Crippen molar-refractivity contribution in [1.82, 2.24) is 25.8 Å². The second-order valence-corrected chi connectivity index (χ2v) is 7.02. The van der Waals surface area contributed by atoms with Crippen LogP contribution in [0.1, 0.15) is 18.5 Å². The Balaban J connectivity index is 1.77. The third kappa shape index (κ3) is 4.32. The molecule has 154 valence electrons. The Bertz CT molecular complexity index is 859. The van der Waals surface area contributed by atoms with Crippen molar-refractivity contribution in [2.45, 2.75) is 19.0 Å². The number of amides is 6. The second kappa shape index (κ2) is 8.48. The second-order valence-electron chi connectivity index (χ2n) is 6.58. The highest BCUT2D eigenvalue weighted by Gasteiger charge is 2.38. The SMILES string of the molecule is CCN1CCN(C(=O)NC(C(=O)NC2CNC2=O)c2ccc(Cl)cc2)C(=O)C1=O. The number of likely N-dealkylation sites (N-methyl/N-ethyl adjacent to an activating group) is 1. The molecule has 0 aromatic heterocycles. The van der Waals surface area contributed by atoms with Gasteiger partial charge in [-0.3, -0.25) is 24.1 Å². The molecule has 3 N–H and O–H groups in total. The molecular formula is C18H20ClN5O5. The number of halogens is 1. The molecule has 2 aliphatic rings. The molecule has 2 fully saturated rings. The van der Waals surface area contributed by atoms with Gasteiger partial charge in [0.05, 0.1) is 0 Å². The number of β-lactam (4-membered cyclic amide) rings is 1. The molecule has 3 rings (SSSR count). The number of urea groups is 1. The number of carbonyl (C=O) groups excluding carboxylic acids is 5. The Morgan fingerprint density at radius 3 is 2.41 bits per heavy atom. The molecule has 0 saturated carbocycles. The van der Waals surface area contributed by atoms with Gasteiger partial charge in [-0.15, -0.1) is 0 Å². The lowest BCUT2D eigenvalue weighted by Gasteiger charge is -2.33. The fraction of sp³-hybridized carbons (Fsp3) is 0.389. The summed E-state index contributed by atoms with van der Waals surface area (Å²) in [5.74, 6) is -2.67. The zero-order valence-corrected chi connectivity index (χ0v) is 16.4. The smallest absolute Gasteiger partial charge is 0.325 e. The van der Waals surface area contributed by atoms with Crippen molar-refractivity contribution < 1.29 is 24.0 Å². The molecule has 2 saturated heterocycles. The first kappa shape index (κ1) is 20.6. The predicted molar refractivity (Wildman–Crippen MR) is 102 cm³/mol. The maximum absolute atomic E-state index is 12.7. The molecule has 0 spiro atoms. The normalized spacial score (nSPS) is 19.9. The van der Waals surface area contributed by atoms with Gasteiger partial charge in [-0.1, -0.05) is 23.7 Å². The Hall–Kier alpha value is -3.14. The predicted octanol–water partition coefficient (Wildman–Crippen LogP) is -0.604. The molecule has 6 amide bonds. The number of piperazine rings is 1. The number of hydrogen-bond donors (Lipinski definition) is 3. The molecule has 1 aromatic rings. The van der Waals surface area contributed by atoms with Gasteiger partial charge < -0.3 is 20.9 Å². The van der Waals surface area contributed by atoms with Crippen LogP contribution in [0.5, 0.6) is 0 Å². The minimum atomic E-state index is -1.18. The molecular weight excluding hydrogens is 402 g/mol. The Labute approximate surface area is 171 Å². The molecule has 2 heterocycles. The summed E-state index contributed by atoms with van der Waals surface area (Å²) in [6, 6.07) is 3.46. The Morgan fingerprint density at radius 2 is 1.86 bits per heavy atom. The summed E-state index contributed by atoms with van der Waals surface area (Å²) < 4.78 is 0. The van der Waals surface area contributed by atoms with Crippen LogP contribution in [0, 0.1) is 0 Å². The maximum Gasteiger partial charge on any atom is 0.325 e. The van der Waals surface area contributed by atoms with Crippen molar-refractivity contribution >= 4 is 41.3 Å². The van der Waals surface area contributed by atoms with Crippen LogP contribution in [0.3, 0.4) is 0 Å². The van der Waals surface area contributed by atoms with Gasteiger partial charge in [0.1, 0.15) is 12.1 Å². The minimum Gasteiger partial charge on any atom is -0.352 e. The topological polar surface area (TPSA) is 128 Å². The van der Waals surface area contributed by atoms with Crippen molar-refractivity contribution in [1.29, 1.82) is 0 Å². The number of carbonyl (C=O) groups is 5. The van der Waals surface area contributed by atoms with Crippen LogP contribution in [0.4, 0.5) is 4.79 Å². The van der Waals surface area contributed by atoms with Crippen LogP contribution >= 0.6 is 11.6 Å². The van der Waals surface area contributed by atoms with Crippen LogP contribution in [-0.4, -0.2) is 71.7 Å². The summed E-state index contributed by atoms with van der Waals surface area (Å²) in [5, 5.41) is 7.98. The van der Waals surface area contributed by atoms with Gasteiger partial charge in [0.15, 0.2) is 0 Å². The van der Waals surface area contributed by atoms with E-state index in [-0.39, 0.29) is 25.5 Å². The summed E-state index contributed by atoms with van der Waals surface area (Å²) in [6.45, 7) is 2.62. The summed E-state index contributed by atoms with van der Waals surface area (Å²) in [7, 11) is 0. The molecule has 0 bridgehead atoms. The average molecular weight is 422 g/mol. The van der Waals surface area contributed by atoms with Crippen molar-refractivity contribution in [2.24, 2.45) is 0 Å². The van der Waals surface area contributed by atoms with E-state index in [0.717, 1.165) is 4.90 Å². The lowest BCUT2D eigenvalue weighted by atomic mass is 10.0. The van der Waals surface area contributed by atoms with E-state index in [4.69, 9.17) is 11.6 Å². The van der Waals surface area contributed by atoms with Crippen LogP contribution < -0.4 is 16.0 Å². The first-order chi connectivity index (χ1) is 13.8. The van der Waals surface area contributed by atoms with Gasteiger partial charge in [-0.2, -0.15) is 0 Å². The minimum absolute atomic E-state index is 0.0181. The van der Waals surface area contributed by atoms with Crippen molar-refractivity contribution in [3.8, 4) is 0 Å². The quantitative estimate of drug-likeness (QED) is 0.432. The maximum atomic E-state index is 12.7. The lowest BCUT2D eigenvalue weighted by molar-refractivity contribution is -0.153. The van der Waals surface area contributed by atoms with Gasteiger partial charge in [0.25, 0.3) is 0 Å². The van der Waals surface area contributed by atoms with E-state index >= 15 is 0 Å². The third-order valence-corrected chi connectivity index (χ3v) is 5.03. The highest BCUT2D eigenvalue weighted by Crippen LogP contribution is 2.18. The first-order valence-corrected chi connectivity index (χ1v) is 9.44. The zero-order chi connectivity index (χ0) is 21.1. The monoisotopic (exact) mass is 421 g/mol. The van der Waals surface area contributed by atoms with E-state index in [1.165, 1.54) is 4.90 Å². The van der Waals surface area contributed by atoms with Crippen LogP contribution in [-0.2, 0) is 19.2 Å². The van der Waals surface area contributed by atoms with E-state index in [1.54, 1.807) is 31.2 Å². The third-order valence-electron chi connectivity index (χ3n) is 4.78. The molecule has 2 atom stereocenters. The van der Waals surface area contributed by atoms with Gasteiger partial charge in [0.2, 0.25) is 11.8 Å². The van der Waals surface area contributed by atoms with Crippen molar-refractivity contribution in [2.75, 3.05) is 26.2 Å². The molecule has 29 heavy (non-hydrogen) atoms. The number of nitrogens with one attached hydrogen (secondary N) is 3. The Kier molecular flexibility index (Phi) is 6.02. The number of nitrogens with zero attached hydrogens (tertiary/aromatic N) is 2. The largest absolute Gasteiger partial charge is 0.352 e. The Morgan fingerprint density at radius 1 is 1.17 bits per heavy atom. The molecule has 0 aliphatic carbocycles. The molecule has 10 nitrogen and oxygen atoms in total. The zero-order valence-electron chi connectivity index (χ0n) is 15.6. The number of rotatable bonds is 5. The molecule has 1 aromatic carbocycles. The van der Waals surface area contributed by atoms with E-state index < -0.39 is 35.8 Å². The van der Waals surface area contributed by atoms with E-state index in [0.29, 0.717) is 17.1 Å². The summed E-state index contributed by atoms with van der Waals surface area (Å²) in [5.41, 5.74) is 0.408. The molecule has 11 heteroatoms. The average Bonchev–Trinajstić information content (AvgIpc) is 2.71. The van der Waals surface area contributed by atoms with Gasteiger partial charge in [0, 0.05) is 31.2 Å². The van der Waals surface area contributed by atoms with Crippen LogP contribution in [0.15, 0.2) is 24.3 Å². The van der Waals surface area contributed by atoms with Gasteiger partial charge in [-0.05, 0) is 24.6 Å². The summed E-state index contributed by atoms with van der Waals surface area (Å²) in [4.78, 5) is 63.3. The number of hydrogen-bond acceptors (Lipinski definition) is 5. The van der Waals surface area contributed by atoms with Crippen molar-refractivity contribution in [3.05, 3.63) is 34.9 Å². The van der Waals surface area contributed by atoms with E-state index in [1.807, 2.05) is 0 Å². The molecule has 2 aliphatic heterocycles. The van der Waals surface area contributed by atoms with Crippen LogP contribution in [0.2, 0.25) is 5.02 Å². The summed E-state index contributed by atoms with van der Waals surface area (Å²) >= 11 is 5.89. The van der Waals surface area contributed by atoms with E-state index in [9.17, 15) is 24.0 Å². The highest BCUT2D eigenvalue weighted by atomic mass is 35.5. The van der Waals surface area contributed by atoms with E-state index in [2.05, 4.69) is 16.0 Å². The van der Waals surface area contributed by atoms with Crippen molar-refractivity contribution in [3.63, 3.8) is 0 Å². The first-order valence-electron chi connectivity index (χ1n) is 9.06. The van der Waals surface area contributed by atoms with Gasteiger partial charge in [-0.25, -0.2) is 4.79 Å². The molecule has 2 unspecified atom stereocenters. The fourth-order valence-corrected chi connectivity index (χ4v) is 3.11. The number of imide groups is 1. The lowest BCUT2D eigenvalue weighted by Crippen LogP contribution is -2.63. The van der Waals surface area contributed by atoms with Gasteiger partial charge >= 0.3 is 17.8 Å².